The second kappa shape index (κ2) is 5.70. The van der Waals surface area contributed by atoms with Crippen molar-refractivity contribution in [3.63, 3.8) is 0 Å². The van der Waals surface area contributed by atoms with E-state index in [2.05, 4.69) is 0 Å². The van der Waals surface area contributed by atoms with Crippen molar-refractivity contribution in [3.8, 4) is 11.5 Å². The first-order valence-electron chi connectivity index (χ1n) is 6.20. The first kappa shape index (κ1) is 14.0. The number of carboxylic acid groups (broad SMARTS) is 1. The number of ether oxygens (including phenoxy) is 2. The van der Waals surface area contributed by atoms with E-state index in [1.807, 2.05) is 0 Å². The molecule has 1 aromatic rings. The van der Waals surface area contributed by atoms with Gasteiger partial charge in [-0.3, -0.25) is 4.79 Å². The van der Waals surface area contributed by atoms with Gasteiger partial charge in [-0.05, 0) is 24.8 Å². The zero-order chi connectivity index (χ0) is 14.0. The monoisotopic (exact) mass is 284 g/mol. The second-order valence-corrected chi connectivity index (χ2v) is 5.21. The van der Waals surface area contributed by atoms with Crippen LogP contribution in [-0.2, 0) is 4.79 Å². The van der Waals surface area contributed by atoms with Crippen molar-refractivity contribution >= 4 is 17.6 Å². The third-order valence-corrected chi connectivity index (χ3v) is 3.68. The minimum atomic E-state index is -0.808. The second-order valence-electron chi connectivity index (χ2n) is 4.77. The molecule has 5 heteroatoms. The van der Waals surface area contributed by atoms with Gasteiger partial charge in [-0.15, -0.1) is 0 Å². The fourth-order valence-electron chi connectivity index (χ4n) is 2.45. The van der Waals surface area contributed by atoms with E-state index in [4.69, 9.17) is 26.2 Å². The molecule has 1 fully saturated rings. The van der Waals surface area contributed by atoms with Crippen LogP contribution in [0.1, 0.15) is 30.7 Å². The third-order valence-electron chi connectivity index (χ3n) is 3.46. The highest BCUT2D eigenvalue weighted by Gasteiger charge is 2.36. The smallest absolute Gasteiger partial charge is 0.303 e. The van der Waals surface area contributed by atoms with Gasteiger partial charge in [0.05, 0.1) is 20.6 Å². The van der Waals surface area contributed by atoms with Crippen LogP contribution in [-0.4, -0.2) is 25.3 Å². The van der Waals surface area contributed by atoms with E-state index in [1.165, 1.54) is 0 Å². The Morgan fingerprint density at radius 3 is 2.58 bits per heavy atom. The summed E-state index contributed by atoms with van der Waals surface area (Å²) >= 11 is 6.08. The average molecular weight is 285 g/mol. The molecule has 1 saturated carbocycles. The predicted molar refractivity (Wildman–Crippen MR) is 72.3 cm³/mol. The molecule has 0 saturated heterocycles. The molecule has 0 radical (unpaired) electrons. The molecular formula is C14H17ClO4. The number of carbonyl (C=O) groups is 1. The highest BCUT2D eigenvalue weighted by Crippen LogP contribution is 2.49. The fraction of sp³-hybridized carbons (Fsp3) is 0.500. The normalized spacial score (nSPS) is 15.9. The zero-order valence-electron chi connectivity index (χ0n) is 11.0. The SMILES string of the molecule is COc1cc(Cl)cc(C(CC(=O)O)C2CC2)c1OC. The van der Waals surface area contributed by atoms with E-state index >= 15 is 0 Å². The average Bonchev–Trinajstić information content (AvgIpc) is 3.18. The lowest BCUT2D eigenvalue weighted by Crippen LogP contribution is -2.10. The van der Waals surface area contributed by atoms with Crippen molar-refractivity contribution in [2.45, 2.75) is 25.2 Å². The van der Waals surface area contributed by atoms with E-state index < -0.39 is 5.97 Å². The zero-order valence-corrected chi connectivity index (χ0v) is 11.7. The molecule has 19 heavy (non-hydrogen) atoms. The van der Waals surface area contributed by atoms with Crippen LogP contribution in [0.2, 0.25) is 5.02 Å². The molecule has 1 aliphatic rings. The number of halogens is 1. The minimum absolute atomic E-state index is 0.0694. The number of benzene rings is 1. The lowest BCUT2D eigenvalue weighted by molar-refractivity contribution is -0.137. The highest BCUT2D eigenvalue weighted by molar-refractivity contribution is 6.30. The number of rotatable bonds is 6. The number of aliphatic carboxylic acids is 1. The molecule has 1 aromatic carbocycles. The Hall–Kier alpha value is -1.42. The molecular weight excluding hydrogens is 268 g/mol. The molecule has 0 bridgehead atoms. The van der Waals surface area contributed by atoms with Gasteiger partial charge in [0.2, 0.25) is 0 Å². The van der Waals surface area contributed by atoms with Crippen LogP contribution in [0.5, 0.6) is 11.5 Å². The molecule has 0 heterocycles. The van der Waals surface area contributed by atoms with E-state index in [1.54, 1.807) is 26.4 Å². The highest BCUT2D eigenvalue weighted by atomic mass is 35.5. The summed E-state index contributed by atoms with van der Waals surface area (Å²) in [6.07, 6.45) is 2.19. The summed E-state index contributed by atoms with van der Waals surface area (Å²) in [5.74, 6) is 0.650. The van der Waals surface area contributed by atoms with Gasteiger partial charge in [-0.25, -0.2) is 0 Å². The van der Waals surface area contributed by atoms with Gasteiger partial charge in [0.15, 0.2) is 11.5 Å². The number of hydrogen-bond acceptors (Lipinski definition) is 3. The van der Waals surface area contributed by atoms with Gasteiger partial charge in [-0.1, -0.05) is 11.6 Å². The van der Waals surface area contributed by atoms with Crippen molar-refractivity contribution < 1.29 is 19.4 Å². The summed E-state index contributed by atoms with van der Waals surface area (Å²) in [7, 11) is 3.10. The maximum Gasteiger partial charge on any atom is 0.303 e. The molecule has 104 valence electrons. The molecule has 0 spiro atoms. The lowest BCUT2D eigenvalue weighted by atomic mass is 9.90. The standard InChI is InChI=1S/C14H17ClO4/c1-18-12-6-9(15)5-11(14(12)19-2)10(7-13(16)17)8-3-4-8/h5-6,8,10H,3-4,7H2,1-2H3,(H,16,17). The molecule has 2 rings (SSSR count). The van der Waals surface area contributed by atoms with Crippen LogP contribution >= 0.6 is 11.6 Å². The summed E-state index contributed by atoms with van der Waals surface area (Å²) in [5.41, 5.74) is 0.830. The largest absolute Gasteiger partial charge is 0.493 e. The Bertz CT molecular complexity index is 483. The van der Waals surface area contributed by atoms with E-state index in [0.29, 0.717) is 22.4 Å². The number of methoxy groups -OCH3 is 2. The summed E-state index contributed by atoms with van der Waals surface area (Å²) in [6.45, 7) is 0. The van der Waals surface area contributed by atoms with E-state index in [0.717, 1.165) is 18.4 Å². The molecule has 1 atom stereocenters. The maximum atomic E-state index is 11.0. The Labute approximate surface area is 117 Å². The molecule has 1 unspecified atom stereocenters. The maximum absolute atomic E-state index is 11.0. The Kier molecular flexibility index (Phi) is 4.20. The molecule has 4 nitrogen and oxygen atoms in total. The predicted octanol–water partition coefficient (Wildman–Crippen LogP) is 3.33. The van der Waals surface area contributed by atoms with E-state index in [-0.39, 0.29) is 12.3 Å². The van der Waals surface area contributed by atoms with Gasteiger partial charge in [-0.2, -0.15) is 0 Å². The lowest BCUT2D eigenvalue weighted by Gasteiger charge is -2.20. The van der Waals surface area contributed by atoms with Crippen molar-refractivity contribution in [2.75, 3.05) is 14.2 Å². The Balaban J connectivity index is 2.45. The minimum Gasteiger partial charge on any atom is -0.493 e. The summed E-state index contributed by atoms with van der Waals surface area (Å²) < 4.78 is 10.6. The van der Waals surface area contributed by atoms with Gasteiger partial charge < -0.3 is 14.6 Å². The molecule has 1 N–H and O–H groups in total. The molecule has 0 aromatic heterocycles. The quantitative estimate of drug-likeness (QED) is 0.870. The van der Waals surface area contributed by atoms with Crippen LogP contribution in [0.15, 0.2) is 12.1 Å². The molecule has 1 aliphatic carbocycles. The van der Waals surface area contributed by atoms with Gasteiger partial charge >= 0.3 is 5.97 Å². The Morgan fingerprint density at radius 1 is 1.42 bits per heavy atom. The van der Waals surface area contributed by atoms with Crippen LogP contribution in [0.25, 0.3) is 0 Å². The number of carboxylic acids is 1. The van der Waals surface area contributed by atoms with E-state index in [9.17, 15) is 4.79 Å². The summed E-state index contributed by atoms with van der Waals surface area (Å²) in [5, 5.41) is 9.61. The van der Waals surface area contributed by atoms with Gasteiger partial charge in [0, 0.05) is 22.6 Å². The first-order valence-corrected chi connectivity index (χ1v) is 6.57. The third kappa shape index (κ3) is 3.13. The van der Waals surface area contributed by atoms with Crippen LogP contribution in [0.3, 0.4) is 0 Å². The summed E-state index contributed by atoms with van der Waals surface area (Å²) in [6, 6.07) is 3.46. The van der Waals surface area contributed by atoms with Crippen molar-refractivity contribution in [2.24, 2.45) is 5.92 Å². The van der Waals surface area contributed by atoms with Gasteiger partial charge in [0.25, 0.3) is 0 Å². The van der Waals surface area contributed by atoms with Crippen molar-refractivity contribution in [1.29, 1.82) is 0 Å². The Morgan fingerprint density at radius 2 is 2.11 bits per heavy atom. The number of hydrogen-bond donors (Lipinski definition) is 1. The van der Waals surface area contributed by atoms with Crippen molar-refractivity contribution in [1.82, 2.24) is 0 Å². The molecule has 0 amide bonds. The first-order chi connectivity index (χ1) is 9.06. The fourth-order valence-corrected chi connectivity index (χ4v) is 2.67. The van der Waals surface area contributed by atoms with Crippen LogP contribution in [0, 0.1) is 5.92 Å². The summed E-state index contributed by atoms with van der Waals surface area (Å²) in [4.78, 5) is 11.0. The van der Waals surface area contributed by atoms with Crippen LogP contribution < -0.4 is 9.47 Å². The molecule has 0 aliphatic heterocycles. The topological polar surface area (TPSA) is 55.8 Å². The van der Waals surface area contributed by atoms with Gasteiger partial charge in [0.1, 0.15) is 0 Å². The van der Waals surface area contributed by atoms with Crippen molar-refractivity contribution in [3.05, 3.63) is 22.7 Å². The van der Waals surface area contributed by atoms with Crippen LogP contribution in [0.4, 0.5) is 0 Å².